The van der Waals surface area contributed by atoms with Crippen molar-refractivity contribution >= 4 is 0 Å². The third-order valence-electron chi connectivity index (χ3n) is 2.00. The molecule has 0 radical (unpaired) electrons. The molecule has 0 aliphatic rings. The molecule has 0 fully saturated rings. The molecule has 0 aliphatic heterocycles. The Morgan fingerprint density at radius 3 is 2.73 bits per heavy atom. The third kappa shape index (κ3) is 1.95. The second-order valence-electron chi connectivity index (χ2n) is 2.92. The summed E-state index contributed by atoms with van der Waals surface area (Å²) in [5.74, 6) is 0. The SMILES string of the molecule is [N-]=[N+]=NC(c1ccccc1)c1c[nH]nn1. The Morgan fingerprint density at radius 1 is 1.33 bits per heavy atom. The number of azide groups is 1. The number of rotatable bonds is 3. The molecule has 0 spiro atoms. The van der Waals surface area contributed by atoms with Crippen LogP contribution in [0, 0.1) is 0 Å². The highest BCUT2D eigenvalue weighted by Crippen LogP contribution is 2.23. The zero-order valence-electron chi connectivity index (χ0n) is 7.78. The van der Waals surface area contributed by atoms with E-state index in [1.165, 1.54) is 0 Å². The van der Waals surface area contributed by atoms with Crippen LogP contribution in [0.5, 0.6) is 0 Å². The molecule has 1 unspecified atom stereocenters. The van der Waals surface area contributed by atoms with Crippen molar-refractivity contribution in [2.45, 2.75) is 6.04 Å². The van der Waals surface area contributed by atoms with Gasteiger partial charge in [-0.1, -0.05) is 40.7 Å². The largest absolute Gasteiger partial charge is 0.265 e. The van der Waals surface area contributed by atoms with E-state index in [0.29, 0.717) is 5.69 Å². The highest BCUT2D eigenvalue weighted by atomic mass is 15.3. The molecule has 1 heterocycles. The number of H-pyrrole nitrogens is 1. The maximum atomic E-state index is 8.50. The fourth-order valence-corrected chi connectivity index (χ4v) is 1.33. The van der Waals surface area contributed by atoms with Gasteiger partial charge in [-0.2, -0.15) is 0 Å². The fourth-order valence-electron chi connectivity index (χ4n) is 1.33. The molecule has 0 amide bonds. The zero-order valence-corrected chi connectivity index (χ0v) is 7.78. The summed E-state index contributed by atoms with van der Waals surface area (Å²) in [4.78, 5) is 2.81. The van der Waals surface area contributed by atoms with Crippen LogP contribution in [0.25, 0.3) is 10.4 Å². The quantitative estimate of drug-likeness (QED) is 0.467. The normalized spacial score (nSPS) is 11.7. The average molecular weight is 200 g/mol. The highest BCUT2D eigenvalue weighted by molar-refractivity contribution is 5.26. The number of nitrogens with zero attached hydrogens (tertiary/aromatic N) is 5. The summed E-state index contributed by atoms with van der Waals surface area (Å²) >= 11 is 0. The molecule has 1 aromatic heterocycles. The van der Waals surface area contributed by atoms with Crippen molar-refractivity contribution in [1.29, 1.82) is 0 Å². The van der Waals surface area contributed by atoms with Gasteiger partial charge in [0.05, 0.1) is 5.69 Å². The van der Waals surface area contributed by atoms with Crippen LogP contribution in [-0.4, -0.2) is 15.4 Å². The van der Waals surface area contributed by atoms with Gasteiger partial charge in [-0.15, -0.1) is 5.10 Å². The maximum absolute atomic E-state index is 8.50. The molecule has 6 heteroatoms. The standard InChI is InChI=1S/C9H8N6/c10-14-13-9(8-6-11-15-12-8)7-4-2-1-3-5-7/h1-6,9H,(H,11,12,15). The lowest BCUT2D eigenvalue weighted by Gasteiger charge is -2.06. The van der Waals surface area contributed by atoms with Crippen LogP contribution in [0.15, 0.2) is 41.6 Å². The monoisotopic (exact) mass is 200 g/mol. The minimum Gasteiger partial charge on any atom is -0.265 e. The van der Waals surface area contributed by atoms with E-state index in [1.807, 2.05) is 30.3 Å². The van der Waals surface area contributed by atoms with Crippen molar-refractivity contribution in [2.24, 2.45) is 5.11 Å². The van der Waals surface area contributed by atoms with E-state index in [-0.39, 0.29) is 0 Å². The van der Waals surface area contributed by atoms with Gasteiger partial charge in [-0.25, -0.2) is 0 Å². The maximum Gasteiger partial charge on any atom is 0.108 e. The van der Waals surface area contributed by atoms with Crippen LogP contribution in [0.1, 0.15) is 17.3 Å². The Labute approximate surface area is 85.6 Å². The lowest BCUT2D eigenvalue weighted by Crippen LogP contribution is -1.97. The lowest BCUT2D eigenvalue weighted by molar-refractivity contribution is 0.802. The summed E-state index contributed by atoms with van der Waals surface area (Å²) in [6.07, 6.45) is 1.62. The molecule has 2 rings (SSSR count). The van der Waals surface area contributed by atoms with Gasteiger partial charge in [0, 0.05) is 11.1 Å². The van der Waals surface area contributed by atoms with Gasteiger partial charge in [-0.05, 0) is 11.1 Å². The van der Waals surface area contributed by atoms with Gasteiger partial charge >= 0.3 is 0 Å². The van der Waals surface area contributed by atoms with Crippen LogP contribution in [0.4, 0.5) is 0 Å². The van der Waals surface area contributed by atoms with E-state index in [1.54, 1.807) is 6.20 Å². The van der Waals surface area contributed by atoms with Gasteiger partial charge < -0.3 is 0 Å². The number of hydrogen-bond acceptors (Lipinski definition) is 3. The first-order valence-electron chi connectivity index (χ1n) is 4.37. The third-order valence-corrected chi connectivity index (χ3v) is 2.00. The number of benzene rings is 1. The van der Waals surface area contributed by atoms with E-state index in [9.17, 15) is 0 Å². The van der Waals surface area contributed by atoms with Gasteiger partial charge in [0.15, 0.2) is 0 Å². The van der Waals surface area contributed by atoms with Crippen LogP contribution in [-0.2, 0) is 0 Å². The zero-order chi connectivity index (χ0) is 10.5. The van der Waals surface area contributed by atoms with Crippen molar-refractivity contribution in [1.82, 2.24) is 15.4 Å². The molecule has 0 bridgehead atoms. The van der Waals surface area contributed by atoms with Gasteiger partial charge in [0.2, 0.25) is 0 Å². The molecule has 15 heavy (non-hydrogen) atoms. The fraction of sp³-hybridized carbons (Fsp3) is 0.111. The molecular formula is C9H8N6. The summed E-state index contributed by atoms with van der Waals surface area (Å²) in [7, 11) is 0. The molecular weight excluding hydrogens is 192 g/mol. The van der Waals surface area contributed by atoms with Gasteiger partial charge in [0.1, 0.15) is 6.04 Å². The Kier molecular flexibility index (Phi) is 2.62. The van der Waals surface area contributed by atoms with Crippen molar-refractivity contribution < 1.29 is 0 Å². The summed E-state index contributed by atoms with van der Waals surface area (Å²) in [5.41, 5.74) is 10.00. The molecule has 0 aliphatic carbocycles. The van der Waals surface area contributed by atoms with Crippen molar-refractivity contribution in [3.8, 4) is 0 Å². The summed E-state index contributed by atoms with van der Waals surface area (Å²) in [5, 5.41) is 13.7. The summed E-state index contributed by atoms with van der Waals surface area (Å²) in [6.45, 7) is 0. The predicted octanol–water partition coefficient (Wildman–Crippen LogP) is 2.20. The minimum absolute atomic E-state index is 0.421. The average Bonchev–Trinajstić information content (AvgIpc) is 2.80. The van der Waals surface area contributed by atoms with Crippen LogP contribution >= 0.6 is 0 Å². The van der Waals surface area contributed by atoms with Crippen molar-refractivity contribution in [3.05, 3.63) is 58.2 Å². The smallest absolute Gasteiger partial charge is 0.108 e. The number of aromatic nitrogens is 3. The molecule has 0 saturated heterocycles. The summed E-state index contributed by atoms with van der Waals surface area (Å²) < 4.78 is 0. The molecule has 1 N–H and O–H groups in total. The van der Waals surface area contributed by atoms with Gasteiger partial charge in [-0.3, -0.25) is 5.10 Å². The number of nitrogens with one attached hydrogen (secondary N) is 1. The first kappa shape index (κ1) is 9.23. The number of hydrogen-bond donors (Lipinski definition) is 1. The second-order valence-corrected chi connectivity index (χ2v) is 2.92. The van der Waals surface area contributed by atoms with Crippen LogP contribution < -0.4 is 0 Å². The second kappa shape index (κ2) is 4.26. The Hall–Kier alpha value is -2.33. The van der Waals surface area contributed by atoms with E-state index in [4.69, 9.17) is 5.53 Å². The lowest BCUT2D eigenvalue weighted by atomic mass is 10.1. The first-order chi connectivity index (χ1) is 7.42. The van der Waals surface area contributed by atoms with Gasteiger partial charge in [0.25, 0.3) is 0 Å². The summed E-state index contributed by atoms with van der Waals surface area (Å²) in [6, 6.07) is 9.02. The number of aromatic amines is 1. The first-order valence-corrected chi connectivity index (χ1v) is 4.37. The highest BCUT2D eigenvalue weighted by Gasteiger charge is 2.14. The topological polar surface area (TPSA) is 90.3 Å². The molecule has 2 aromatic rings. The predicted molar refractivity (Wildman–Crippen MR) is 53.8 cm³/mol. The van der Waals surface area contributed by atoms with E-state index >= 15 is 0 Å². The Bertz CT molecular complexity index is 457. The van der Waals surface area contributed by atoms with Crippen LogP contribution in [0.3, 0.4) is 0 Å². The molecule has 1 aromatic carbocycles. The Balaban J connectivity index is 2.41. The van der Waals surface area contributed by atoms with Crippen molar-refractivity contribution in [2.75, 3.05) is 0 Å². The minimum atomic E-state index is -0.421. The van der Waals surface area contributed by atoms with E-state index < -0.39 is 6.04 Å². The molecule has 1 atom stereocenters. The van der Waals surface area contributed by atoms with Crippen LogP contribution in [0.2, 0.25) is 0 Å². The molecule has 0 saturated carbocycles. The van der Waals surface area contributed by atoms with E-state index in [0.717, 1.165) is 5.56 Å². The molecule has 74 valence electrons. The van der Waals surface area contributed by atoms with Crippen molar-refractivity contribution in [3.63, 3.8) is 0 Å². The van der Waals surface area contributed by atoms with E-state index in [2.05, 4.69) is 25.4 Å². The Morgan fingerprint density at radius 2 is 2.13 bits per heavy atom. The molecule has 6 nitrogen and oxygen atoms in total.